The number of phosphoric acid groups is 1. The first-order chi connectivity index (χ1) is 30.5. The smallest absolute Gasteiger partial charge is 0.306 e. The van der Waals surface area contributed by atoms with E-state index in [9.17, 15) is 19.0 Å². The molecule has 0 aliphatic rings. The molecule has 0 aliphatic heterocycles. The molecule has 0 aromatic rings. The Morgan fingerprint density at radius 2 is 0.825 bits per heavy atom. The van der Waals surface area contributed by atoms with Crippen LogP contribution in [0.4, 0.5) is 0 Å². The van der Waals surface area contributed by atoms with E-state index in [1.54, 1.807) is 0 Å². The van der Waals surface area contributed by atoms with E-state index in [1.807, 2.05) is 21.1 Å². The number of ether oxygens (including phenoxy) is 2. The number of likely N-dealkylation sites (N-methyl/N-ethyl adjacent to an activating group) is 1. The summed E-state index contributed by atoms with van der Waals surface area (Å²) in [4.78, 5) is 37.7. The highest BCUT2D eigenvalue weighted by Crippen LogP contribution is 2.38. The van der Waals surface area contributed by atoms with Crippen LogP contribution in [-0.4, -0.2) is 70.0 Å². The number of unbranched alkanes of at least 4 members (excludes halogenated alkanes) is 34. The fraction of sp³-hybridized carbons (Fsp3) is 0.925. The van der Waals surface area contributed by atoms with Crippen molar-refractivity contribution in [3.63, 3.8) is 0 Å². The van der Waals surface area contributed by atoms with Crippen LogP contribution in [-0.2, 0) is 32.7 Å². The van der Waals surface area contributed by atoms with Crippen LogP contribution in [0, 0.1) is 0 Å². The minimum Gasteiger partial charge on any atom is -0.756 e. The highest BCUT2D eigenvalue weighted by molar-refractivity contribution is 7.45. The first-order valence-electron chi connectivity index (χ1n) is 26.9. The van der Waals surface area contributed by atoms with E-state index in [-0.39, 0.29) is 32.0 Å². The van der Waals surface area contributed by atoms with Crippen molar-refractivity contribution < 1.29 is 42.1 Å². The van der Waals surface area contributed by atoms with Gasteiger partial charge in [0.15, 0.2) is 6.10 Å². The molecule has 0 radical (unpaired) electrons. The first kappa shape index (κ1) is 61.8. The standard InChI is InChI=1S/C53H104NO8P/c1-6-8-10-12-14-16-18-20-22-24-25-26-27-28-29-30-32-34-36-38-40-42-44-46-53(56)62-51(50-61-63(57,58)60-48-47-54(3,4)5)49-59-52(55)45-43-41-39-37-35-33-31-23-21-19-17-15-13-11-9-7-2/h38,40,51H,6-37,39,41-50H2,1-5H3/b40-38+/t51-/m1/s1. The molecule has 0 aromatic heterocycles. The number of hydrogen-bond donors (Lipinski definition) is 0. The Labute approximate surface area is 390 Å². The average molecular weight is 914 g/mol. The Hall–Kier alpha value is -1.25. The minimum atomic E-state index is -4.63. The Morgan fingerprint density at radius 1 is 0.476 bits per heavy atom. The molecule has 0 spiro atoms. The molecule has 10 heteroatoms. The van der Waals surface area contributed by atoms with E-state index in [1.165, 1.54) is 199 Å². The van der Waals surface area contributed by atoms with Crippen LogP contribution in [0.15, 0.2) is 12.2 Å². The number of hydrogen-bond acceptors (Lipinski definition) is 8. The van der Waals surface area contributed by atoms with Crippen LogP contribution in [0.3, 0.4) is 0 Å². The third kappa shape index (κ3) is 50.0. The maximum Gasteiger partial charge on any atom is 0.306 e. The van der Waals surface area contributed by atoms with E-state index >= 15 is 0 Å². The van der Waals surface area contributed by atoms with Crippen LogP contribution in [0.2, 0.25) is 0 Å². The second kappa shape index (κ2) is 45.9. The zero-order chi connectivity index (χ0) is 46.4. The summed E-state index contributed by atoms with van der Waals surface area (Å²) in [5.41, 5.74) is 0. The molecular formula is C53H104NO8P. The Kier molecular flexibility index (Phi) is 45.0. The molecule has 2 atom stereocenters. The molecule has 374 valence electrons. The fourth-order valence-electron chi connectivity index (χ4n) is 7.84. The highest BCUT2D eigenvalue weighted by atomic mass is 31.2. The van der Waals surface area contributed by atoms with Crippen molar-refractivity contribution in [1.29, 1.82) is 0 Å². The van der Waals surface area contributed by atoms with Gasteiger partial charge in [-0.15, -0.1) is 0 Å². The number of carbonyl (C=O) groups excluding carboxylic acids is 2. The summed E-state index contributed by atoms with van der Waals surface area (Å²) in [5.74, 6) is -0.855. The van der Waals surface area contributed by atoms with Crippen molar-refractivity contribution in [3.8, 4) is 0 Å². The summed E-state index contributed by atoms with van der Waals surface area (Å²) < 4.78 is 34.0. The third-order valence-corrected chi connectivity index (χ3v) is 13.0. The van der Waals surface area contributed by atoms with Crippen LogP contribution in [0.1, 0.15) is 264 Å². The summed E-state index contributed by atoms with van der Waals surface area (Å²) in [6, 6.07) is 0. The molecule has 0 fully saturated rings. The Morgan fingerprint density at radius 3 is 1.22 bits per heavy atom. The molecule has 0 bridgehead atoms. The number of allylic oxidation sites excluding steroid dienone is 2. The molecule has 1 unspecified atom stereocenters. The van der Waals surface area contributed by atoms with Gasteiger partial charge in [0.1, 0.15) is 19.8 Å². The number of phosphoric ester groups is 1. The summed E-state index contributed by atoms with van der Waals surface area (Å²) in [6.07, 6.45) is 51.2. The minimum absolute atomic E-state index is 0.0317. The molecular weight excluding hydrogens is 810 g/mol. The van der Waals surface area contributed by atoms with Gasteiger partial charge in [-0.05, 0) is 32.1 Å². The zero-order valence-electron chi connectivity index (χ0n) is 42.3. The van der Waals surface area contributed by atoms with Crippen molar-refractivity contribution in [2.45, 2.75) is 270 Å². The number of carbonyl (C=O) groups is 2. The maximum atomic E-state index is 12.7. The largest absolute Gasteiger partial charge is 0.756 e. The molecule has 63 heavy (non-hydrogen) atoms. The van der Waals surface area contributed by atoms with Gasteiger partial charge in [-0.3, -0.25) is 14.2 Å². The lowest BCUT2D eigenvalue weighted by atomic mass is 10.0. The molecule has 0 heterocycles. The summed E-state index contributed by atoms with van der Waals surface area (Å²) in [5, 5.41) is 0. The second-order valence-corrected chi connectivity index (χ2v) is 21.0. The molecule has 0 N–H and O–H groups in total. The van der Waals surface area contributed by atoms with E-state index in [2.05, 4.69) is 26.0 Å². The van der Waals surface area contributed by atoms with Gasteiger partial charge in [-0.2, -0.15) is 0 Å². The second-order valence-electron chi connectivity index (χ2n) is 19.6. The Bertz CT molecular complexity index is 1080. The van der Waals surface area contributed by atoms with Crippen LogP contribution >= 0.6 is 7.82 Å². The number of quaternary nitrogens is 1. The van der Waals surface area contributed by atoms with Gasteiger partial charge in [0.2, 0.25) is 0 Å². The van der Waals surface area contributed by atoms with Gasteiger partial charge in [0.25, 0.3) is 7.82 Å². The van der Waals surface area contributed by atoms with E-state index in [0.29, 0.717) is 17.4 Å². The van der Waals surface area contributed by atoms with Gasteiger partial charge >= 0.3 is 11.9 Å². The Balaban J connectivity index is 4.20. The van der Waals surface area contributed by atoms with Gasteiger partial charge < -0.3 is 27.9 Å². The molecule has 9 nitrogen and oxygen atoms in total. The third-order valence-electron chi connectivity index (χ3n) is 12.0. The molecule has 0 saturated carbocycles. The molecule has 0 saturated heterocycles. The lowest BCUT2D eigenvalue weighted by Gasteiger charge is -2.28. The maximum absolute atomic E-state index is 12.7. The van der Waals surface area contributed by atoms with Crippen LogP contribution in [0.25, 0.3) is 0 Å². The lowest BCUT2D eigenvalue weighted by molar-refractivity contribution is -0.870. The number of rotatable bonds is 50. The van der Waals surface area contributed by atoms with Crippen LogP contribution in [0.5, 0.6) is 0 Å². The van der Waals surface area contributed by atoms with Crippen molar-refractivity contribution in [2.24, 2.45) is 0 Å². The van der Waals surface area contributed by atoms with Crippen molar-refractivity contribution in [2.75, 3.05) is 47.5 Å². The SMILES string of the molecule is CCCCCCCCCCCCCCCCCCCC/C=C/CCCC(=O)O[C@H](COC(=O)CCCCCCCCCCCCCCCCCC)COP(=O)([O-])OCC[N+](C)(C)C. The molecule has 0 aliphatic carbocycles. The monoisotopic (exact) mass is 914 g/mol. The normalized spacial score (nSPS) is 13.4. The van der Waals surface area contributed by atoms with E-state index in [4.69, 9.17) is 18.5 Å². The quantitative estimate of drug-likeness (QED) is 0.0195. The number of esters is 2. The lowest BCUT2D eigenvalue weighted by Crippen LogP contribution is -2.37. The van der Waals surface area contributed by atoms with Crippen molar-refractivity contribution >= 4 is 19.8 Å². The predicted molar refractivity (Wildman–Crippen MR) is 264 cm³/mol. The van der Waals surface area contributed by atoms with Crippen molar-refractivity contribution in [3.05, 3.63) is 12.2 Å². The van der Waals surface area contributed by atoms with Gasteiger partial charge in [0, 0.05) is 12.8 Å². The van der Waals surface area contributed by atoms with Crippen molar-refractivity contribution in [1.82, 2.24) is 0 Å². The van der Waals surface area contributed by atoms with Gasteiger partial charge in [0.05, 0.1) is 27.7 Å². The summed E-state index contributed by atoms with van der Waals surface area (Å²) >= 11 is 0. The molecule has 0 rings (SSSR count). The first-order valence-corrected chi connectivity index (χ1v) is 28.4. The molecule has 0 aromatic carbocycles. The fourth-order valence-corrected chi connectivity index (χ4v) is 8.57. The average Bonchev–Trinajstić information content (AvgIpc) is 3.24. The predicted octanol–water partition coefficient (Wildman–Crippen LogP) is 15.5. The van der Waals surface area contributed by atoms with E-state index in [0.717, 1.165) is 32.1 Å². The van der Waals surface area contributed by atoms with Gasteiger partial charge in [-0.1, -0.05) is 231 Å². The number of nitrogens with zero attached hydrogens (tertiary/aromatic N) is 1. The van der Waals surface area contributed by atoms with Gasteiger partial charge in [-0.25, -0.2) is 0 Å². The summed E-state index contributed by atoms with van der Waals surface area (Å²) in [7, 11) is 1.17. The highest BCUT2D eigenvalue weighted by Gasteiger charge is 2.21. The van der Waals surface area contributed by atoms with Crippen LogP contribution < -0.4 is 4.89 Å². The molecule has 0 amide bonds. The zero-order valence-corrected chi connectivity index (χ0v) is 43.2. The van der Waals surface area contributed by atoms with E-state index < -0.39 is 26.5 Å². The topological polar surface area (TPSA) is 111 Å². The summed E-state index contributed by atoms with van der Waals surface area (Å²) in [6.45, 7) is 4.26.